The molecule has 0 aliphatic carbocycles. The van der Waals surface area contributed by atoms with Crippen LogP contribution in [-0.2, 0) is 16.1 Å². The average molecular weight is 239 g/mol. The summed E-state index contributed by atoms with van der Waals surface area (Å²) in [4.78, 5) is 22.4. The van der Waals surface area contributed by atoms with Gasteiger partial charge in [-0.3, -0.25) is 14.7 Å². The number of carbonyl (C=O) groups excluding carboxylic acids is 1. The lowest BCUT2D eigenvalue weighted by Gasteiger charge is -2.15. The molecule has 3 N–H and O–H groups in total. The molecule has 1 aromatic rings. The van der Waals surface area contributed by atoms with E-state index in [2.05, 4.69) is 15.5 Å². The van der Waals surface area contributed by atoms with Gasteiger partial charge in [0.15, 0.2) is 0 Å². The van der Waals surface area contributed by atoms with Gasteiger partial charge in [-0.25, -0.2) is 0 Å². The zero-order valence-corrected chi connectivity index (χ0v) is 10.2. The summed E-state index contributed by atoms with van der Waals surface area (Å²) in [6, 6.07) is 0. The van der Waals surface area contributed by atoms with Crippen molar-refractivity contribution in [2.75, 3.05) is 0 Å². The van der Waals surface area contributed by atoms with Gasteiger partial charge in [0.05, 0.1) is 12.1 Å². The number of aromatic nitrogens is 2. The molecule has 1 aromatic heterocycles. The van der Waals surface area contributed by atoms with Gasteiger partial charge in [0.2, 0.25) is 5.91 Å². The molecular weight excluding hydrogens is 222 g/mol. The number of nitrogens with zero attached hydrogens (tertiary/aromatic N) is 1. The second-order valence-corrected chi connectivity index (χ2v) is 4.15. The summed E-state index contributed by atoms with van der Waals surface area (Å²) in [6.07, 6.45) is 1.64. The van der Waals surface area contributed by atoms with Crippen molar-refractivity contribution in [2.45, 2.75) is 27.3 Å². The first kappa shape index (κ1) is 13.2. The number of carboxylic acids is 1. The van der Waals surface area contributed by atoms with Gasteiger partial charge >= 0.3 is 5.97 Å². The number of amides is 1. The van der Waals surface area contributed by atoms with E-state index in [-0.39, 0.29) is 5.91 Å². The number of aryl methyl sites for hydroxylation is 1. The van der Waals surface area contributed by atoms with Gasteiger partial charge in [-0.05, 0) is 6.92 Å². The minimum atomic E-state index is -0.966. The molecule has 0 spiro atoms. The Morgan fingerprint density at radius 1 is 1.47 bits per heavy atom. The molecule has 6 nitrogen and oxygen atoms in total. The van der Waals surface area contributed by atoms with Crippen molar-refractivity contribution in [1.82, 2.24) is 15.5 Å². The summed E-state index contributed by atoms with van der Waals surface area (Å²) in [7, 11) is 0. The molecule has 1 amide bonds. The maximum atomic E-state index is 11.7. The first-order valence-corrected chi connectivity index (χ1v) is 5.42. The van der Waals surface area contributed by atoms with Gasteiger partial charge in [0.1, 0.15) is 0 Å². The Balaban J connectivity index is 2.50. The molecule has 0 saturated heterocycles. The predicted octanol–water partition coefficient (Wildman–Crippen LogP) is 0.691. The van der Waals surface area contributed by atoms with Crippen molar-refractivity contribution in [3.8, 4) is 0 Å². The van der Waals surface area contributed by atoms with E-state index in [1.165, 1.54) is 6.92 Å². The number of aliphatic carboxylic acids is 1. The third-order valence-corrected chi connectivity index (χ3v) is 2.94. The van der Waals surface area contributed by atoms with Crippen LogP contribution < -0.4 is 5.32 Å². The molecule has 17 heavy (non-hydrogen) atoms. The van der Waals surface area contributed by atoms with Gasteiger partial charge in [0, 0.05) is 23.7 Å². The van der Waals surface area contributed by atoms with Gasteiger partial charge in [-0.15, -0.1) is 0 Å². The van der Waals surface area contributed by atoms with Gasteiger partial charge < -0.3 is 10.4 Å². The Bertz CT molecular complexity index is 414. The molecule has 1 heterocycles. The number of nitrogens with one attached hydrogen (secondary N) is 2. The fourth-order valence-electron chi connectivity index (χ4n) is 1.34. The maximum Gasteiger partial charge on any atom is 0.307 e. The molecule has 0 fully saturated rings. The van der Waals surface area contributed by atoms with Crippen molar-refractivity contribution in [3.05, 3.63) is 17.5 Å². The highest BCUT2D eigenvalue weighted by atomic mass is 16.4. The first-order valence-electron chi connectivity index (χ1n) is 5.42. The van der Waals surface area contributed by atoms with E-state index in [0.29, 0.717) is 6.54 Å². The fraction of sp³-hybridized carbons (Fsp3) is 0.545. The molecule has 94 valence electrons. The van der Waals surface area contributed by atoms with Crippen molar-refractivity contribution in [3.63, 3.8) is 0 Å². The van der Waals surface area contributed by atoms with Gasteiger partial charge in [-0.2, -0.15) is 5.10 Å². The van der Waals surface area contributed by atoms with Crippen molar-refractivity contribution >= 4 is 11.9 Å². The van der Waals surface area contributed by atoms with Gasteiger partial charge in [-0.1, -0.05) is 13.8 Å². The third kappa shape index (κ3) is 3.30. The van der Waals surface area contributed by atoms with Crippen LogP contribution in [0.25, 0.3) is 0 Å². The number of aromatic amines is 1. The van der Waals surface area contributed by atoms with Crippen molar-refractivity contribution in [2.24, 2.45) is 11.8 Å². The number of rotatable bonds is 5. The van der Waals surface area contributed by atoms with Crippen molar-refractivity contribution < 1.29 is 14.7 Å². The average Bonchev–Trinajstić information content (AvgIpc) is 2.69. The smallest absolute Gasteiger partial charge is 0.307 e. The second-order valence-electron chi connectivity index (χ2n) is 4.15. The monoisotopic (exact) mass is 239 g/mol. The molecule has 0 saturated carbocycles. The molecule has 0 bridgehead atoms. The molecule has 1 rings (SSSR count). The molecule has 6 heteroatoms. The number of hydrogen-bond acceptors (Lipinski definition) is 3. The zero-order valence-electron chi connectivity index (χ0n) is 10.2. The molecular formula is C11H17N3O3. The summed E-state index contributed by atoms with van der Waals surface area (Å²) in [6.45, 7) is 5.35. The number of hydrogen-bond donors (Lipinski definition) is 3. The standard InChI is InChI=1S/C11H17N3O3/c1-6(7(2)11(16)17)10(15)12-4-9-5-13-14-8(9)3/h5-7H,4H2,1-3H3,(H,12,15)(H,13,14)(H,16,17). The van der Waals surface area contributed by atoms with E-state index in [0.717, 1.165) is 11.3 Å². The summed E-state index contributed by atoms with van der Waals surface area (Å²) in [5, 5.41) is 18.1. The van der Waals surface area contributed by atoms with E-state index in [1.807, 2.05) is 6.92 Å². The summed E-state index contributed by atoms with van der Waals surface area (Å²) in [5.74, 6) is -2.48. The lowest BCUT2D eigenvalue weighted by molar-refractivity contribution is -0.146. The Morgan fingerprint density at radius 2 is 2.12 bits per heavy atom. The fourth-order valence-corrected chi connectivity index (χ4v) is 1.34. The molecule has 0 aliphatic heterocycles. The van der Waals surface area contributed by atoms with E-state index < -0.39 is 17.8 Å². The van der Waals surface area contributed by atoms with Crippen LogP contribution in [-0.4, -0.2) is 27.2 Å². The maximum absolute atomic E-state index is 11.7. The van der Waals surface area contributed by atoms with Crippen LogP contribution in [0, 0.1) is 18.8 Å². The highest BCUT2D eigenvalue weighted by Crippen LogP contribution is 2.11. The van der Waals surface area contributed by atoms with Crippen LogP contribution in [0.3, 0.4) is 0 Å². The Kier molecular flexibility index (Phi) is 4.25. The van der Waals surface area contributed by atoms with E-state index in [9.17, 15) is 9.59 Å². The highest BCUT2D eigenvalue weighted by Gasteiger charge is 2.25. The largest absolute Gasteiger partial charge is 0.481 e. The van der Waals surface area contributed by atoms with Crippen LogP contribution in [0.2, 0.25) is 0 Å². The van der Waals surface area contributed by atoms with Gasteiger partial charge in [0.25, 0.3) is 0 Å². The van der Waals surface area contributed by atoms with Crippen LogP contribution in [0.1, 0.15) is 25.1 Å². The van der Waals surface area contributed by atoms with Crippen LogP contribution in [0.5, 0.6) is 0 Å². The molecule has 0 aromatic carbocycles. The Labute approximate surface area is 99.4 Å². The normalized spacial score (nSPS) is 14.1. The number of H-pyrrole nitrogens is 1. The molecule has 0 aliphatic rings. The second kappa shape index (κ2) is 5.47. The summed E-state index contributed by atoms with van der Waals surface area (Å²) >= 11 is 0. The first-order chi connectivity index (χ1) is 7.93. The highest BCUT2D eigenvalue weighted by molar-refractivity contribution is 5.84. The SMILES string of the molecule is Cc1[nH]ncc1CNC(=O)C(C)C(C)C(=O)O. The lowest BCUT2D eigenvalue weighted by atomic mass is 9.95. The Morgan fingerprint density at radius 3 is 2.59 bits per heavy atom. The van der Waals surface area contributed by atoms with Crippen LogP contribution in [0.4, 0.5) is 0 Å². The number of carbonyl (C=O) groups is 2. The van der Waals surface area contributed by atoms with Crippen LogP contribution in [0.15, 0.2) is 6.20 Å². The minimum Gasteiger partial charge on any atom is -0.481 e. The zero-order chi connectivity index (χ0) is 13.0. The summed E-state index contributed by atoms with van der Waals surface area (Å²) in [5.41, 5.74) is 1.79. The molecule has 0 radical (unpaired) electrons. The molecule has 2 unspecified atom stereocenters. The van der Waals surface area contributed by atoms with E-state index in [1.54, 1.807) is 13.1 Å². The van der Waals surface area contributed by atoms with E-state index in [4.69, 9.17) is 5.11 Å². The lowest BCUT2D eigenvalue weighted by Crippen LogP contribution is -2.34. The van der Waals surface area contributed by atoms with Crippen molar-refractivity contribution in [1.29, 1.82) is 0 Å². The molecule has 2 atom stereocenters. The minimum absolute atomic E-state index is 0.263. The Hall–Kier alpha value is -1.85. The predicted molar refractivity (Wildman–Crippen MR) is 61.1 cm³/mol. The quantitative estimate of drug-likeness (QED) is 0.704. The van der Waals surface area contributed by atoms with Crippen LogP contribution >= 0.6 is 0 Å². The van der Waals surface area contributed by atoms with E-state index >= 15 is 0 Å². The topological polar surface area (TPSA) is 95.1 Å². The number of carboxylic acid groups (broad SMARTS) is 1. The summed E-state index contributed by atoms with van der Waals surface area (Å²) < 4.78 is 0. The third-order valence-electron chi connectivity index (χ3n) is 2.94.